The van der Waals surface area contributed by atoms with Crippen LogP contribution in [0.4, 0.5) is 0 Å². The van der Waals surface area contributed by atoms with Crippen LogP contribution in [0.15, 0.2) is 0 Å². The molecule has 4 N–H and O–H groups in total. The van der Waals surface area contributed by atoms with Crippen molar-refractivity contribution in [3.05, 3.63) is 0 Å². The lowest BCUT2D eigenvalue weighted by Gasteiger charge is -2.41. The van der Waals surface area contributed by atoms with Crippen LogP contribution in [0, 0.1) is 5.92 Å². The summed E-state index contributed by atoms with van der Waals surface area (Å²) in [6, 6.07) is 0. The molecule has 0 radical (unpaired) electrons. The van der Waals surface area contributed by atoms with Crippen LogP contribution in [0.5, 0.6) is 0 Å². The zero-order chi connectivity index (χ0) is 8.58. The summed E-state index contributed by atoms with van der Waals surface area (Å²) in [6.07, 6.45) is 0. The summed E-state index contributed by atoms with van der Waals surface area (Å²) in [7, 11) is 0. The molecule has 0 saturated carbocycles. The monoisotopic (exact) mass is 144 g/mol. The van der Waals surface area contributed by atoms with Gasteiger partial charge in [-0.2, -0.15) is 0 Å². The first-order valence-corrected chi connectivity index (χ1v) is 3.77. The summed E-state index contributed by atoms with van der Waals surface area (Å²) in [4.78, 5) is 0. The van der Waals surface area contributed by atoms with E-state index >= 15 is 0 Å². The standard InChI is InChI=1S/C8H20N2/c1-6(2)8(5,10)7(3,4)9/h6H,9-10H2,1-5H3. The van der Waals surface area contributed by atoms with Gasteiger partial charge in [0.2, 0.25) is 0 Å². The molecule has 62 valence electrons. The molecule has 0 fully saturated rings. The largest absolute Gasteiger partial charge is 0.324 e. The van der Waals surface area contributed by atoms with E-state index in [0.717, 1.165) is 0 Å². The Balaban J connectivity index is 4.40. The maximum absolute atomic E-state index is 6.01. The van der Waals surface area contributed by atoms with Gasteiger partial charge in [0.25, 0.3) is 0 Å². The zero-order valence-electron chi connectivity index (χ0n) is 7.73. The molecular weight excluding hydrogens is 124 g/mol. The molecule has 1 atom stereocenters. The first-order chi connectivity index (χ1) is 4.19. The Hall–Kier alpha value is -0.0800. The van der Waals surface area contributed by atoms with E-state index < -0.39 is 0 Å². The summed E-state index contributed by atoms with van der Waals surface area (Å²) in [6.45, 7) is 10.1. The third kappa shape index (κ3) is 1.70. The predicted molar refractivity (Wildman–Crippen MR) is 45.7 cm³/mol. The highest BCUT2D eigenvalue weighted by Gasteiger charge is 2.36. The molecule has 0 aromatic rings. The fourth-order valence-corrected chi connectivity index (χ4v) is 0.744. The topological polar surface area (TPSA) is 52.0 Å². The third-order valence-corrected chi connectivity index (χ3v) is 2.59. The lowest BCUT2D eigenvalue weighted by Crippen LogP contribution is -2.63. The summed E-state index contributed by atoms with van der Waals surface area (Å²) >= 11 is 0. The van der Waals surface area contributed by atoms with Crippen molar-refractivity contribution in [2.45, 2.75) is 45.7 Å². The Morgan fingerprint density at radius 2 is 1.30 bits per heavy atom. The minimum atomic E-state index is -0.304. The second-order valence-electron chi connectivity index (χ2n) is 4.16. The maximum Gasteiger partial charge on any atom is 0.0326 e. The van der Waals surface area contributed by atoms with Crippen LogP contribution in [0.25, 0.3) is 0 Å². The molecule has 0 aliphatic carbocycles. The molecule has 10 heavy (non-hydrogen) atoms. The van der Waals surface area contributed by atoms with E-state index in [1.165, 1.54) is 0 Å². The van der Waals surface area contributed by atoms with E-state index in [9.17, 15) is 0 Å². The van der Waals surface area contributed by atoms with Crippen LogP contribution in [0.3, 0.4) is 0 Å². The summed E-state index contributed by atoms with van der Waals surface area (Å²) in [5, 5.41) is 0. The molecule has 0 saturated heterocycles. The van der Waals surface area contributed by atoms with Crippen molar-refractivity contribution in [3.63, 3.8) is 0 Å². The van der Waals surface area contributed by atoms with Crippen LogP contribution in [-0.2, 0) is 0 Å². The number of hydrogen-bond acceptors (Lipinski definition) is 2. The molecule has 0 spiro atoms. The Labute approximate surface area is 64.0 Å². The van der Waals surface area contributed by atoms with E-state index in [1.54, 1.807) is 0 Å². The van der Waals surface area contributed by atoms with Crippen molar-refractivity contribution in [3.8, 4) is 0 Å². The second kappa shape index (κ2) is 2.51. The van der Waals surface area contributed by atoms with Gasteiger partial charge in [-0.25, -0.2) is 0 Å². The highest BCUT2D eigenvalue weighted by Crippen LogP contribution is 2.23. The molecule has 0 bridgehead atoms. The molecular formula is C8H20N2. The SMILES string of the molecule is CC(C)C(C)(N)C(C)(C)N. The normalized spacial score (nSPS) is 19.2. The van der Waals surface area contributed by atoms with Gasteiger partial charge in [-0.15, -0.1) is 0 Å². The zero-order valence-corrected chi connectivity index (χ0v) is 7.73. The molecule has 2 heteroatoms. The number of nitrogens with two attached hydrogens (primary N) is 2. The van der Waals surface area contributed by atoms with Crippen molar-refractivity contribution in [2.24, 2.45) is 17.4 Å². The van der Waals surface area contributed by atoms with E-state index in [4.69, 9.17) is 11.5 Å². The smallest absolute Gasteiger partial charge is 0.0326 e. The van der Waals surface area contributed by atoms with E-state index in [2.05, 4.69) is 13.8 Å². The van der Waals surface area contributed by atoms with Crippen molar-refractivity contribution in [1.29, 1.82) is 0 Å². The molecule has 0 aliphatic heterocycles. The molecule has 0 aromatic heterocycles. The van der Waals surface area contributed by atoms with Gasteiger partial charge in [-0.3, -0.25) is 0 Å². The van der Waals surface area contributed by atoms with E-state index in [0.29, 0.717) is 5.92 Å². The average molecular weight is 144 g/mol. The lowest BCUT2D eigenvalue weighted by molar-refractivity contribution is 0.210. The summed E-state index contributed by atoms with van der Waals surface area (Å²) < 4.78 is 0. The van der Waals surface area contributed by atoms with Crippen molar-refractivity contribution in [2.75, 3.05) is 0 Å². The molecule has 0 aromatic carbocycles. The van der Waals surface area contributed by atoms with E-state index in [1.807, 2.05) is 20.8 Å². The molecule has 0 rings (SSSR count). The summed E-state index contributed by atoms with van der Waals surface area (Å²) in [5.41, 5.74) is 11.3. The van der Waals surface area contributed by atoms with Crippen LogP contribution >= 0.6 is 0 Å². The van der Waals surface area contributed by atoms with Crippen molar-refractivity contribution >= 4 is 0 Å². The van der Waals surface area contributed by atoms with Gasteiger partial charge in [0, 0.05) is 11.1 Å². The molecule has 0 heterocycles. The van der Waals surface area contributed by atoms with Crippen molar-refractivity contribution < 1.29 is 0 Å². The molecule has 2 nitrogen and oxygen atoms in total. The number of rotatable bonds is 2. The van der Waals surface area contributed by atoms with Gasteiger partial charge < -0.3 is 11.5 Å². The summed E-state index contributed by atoms with van der Waals surface area (Å²) in [5.74, 6) is 0.410. The van der Waals surface area contributed by atoms with Crippen LogP contribution < -0.4 is 11.5 Å². The highest BCUT2D eigenvalue weighted by molar-refractivity contribution is 4.99. The first-order valence-electron chi connectivity index (χ1n) is 3.77. The Bertz CT molecular complexity index is 109. The third-order valence-electron chi connectivity index (χ3n) is 2.59. The van der Waals surface area contributed by atoms with Gasteiger partial charge >= 0.3 is 0 Å². The first kappa shape index (κ1) is 9.92. The highest BCUT2D eigenvalue weighted by atomic mass is 14.9. The fraction of sp³-hybridized carbons (Fsp3) is 1.00. The minimum absolute atomic E-state index is 0.285. The van der Waals surface area contributed by atoms with Crippen LogP contribution in [0.2, 0.25) is 0 Å². The molecule has 0 amide bonds. The lowest BCUT2D eigenvalue weighted by atomic mass is 9.75. The van der Waals surface area contributed by atoms with Gasteiger partial charge in [0.15, 0.2) is 0 Å². The minimum Gasteiger partial charge on any atom is -0.324 e. The second-order valence-corrected chi connectivity index (χ2v) is 4.16. The molecule has 0 aliphatic rings. The Morgan fingerprint density at radius 1 is 1.00 bits per heavy atom. The average Bonchev–Trinajstić information content (AvgIpc) is 1.62. The number of hydrogen-bond donors (Lipinski definition) is 2. The Morgan fingerprint density at radius 3 is 1.30 bits per heavy atom. The predicted octanol–water partition coefficient (Wildman–Crippen LogP) is 1.10. The van der Waals surface area contributed by atoms with Crippen LogP contribution in [-0.4, -0.2) is 11.1 Å². The fourth-order valence-electron chi connectivity index (χ4n) is 0.744. The van der Waals surface area contributed by atoms with E-state index in [-0.39, 0.29) is 11.1 Å². The van der Waals surface area contributed by atoms with Crippen LogP contribution in [0.1, 0.15) is 34.6 Å². The van der Waals surface area contributed by atoms with Crippen molar-refractivity contribution in [1.82, 2.24) is 0 Å². The quantitative estimate of drug-likeness (QED) is 0.609. The van der Waals surface area contributed by atoms with Gasteiger partial charge in [0.1, 0.15) is 0 Å². The maximum atomic E-state index is 6.01. The van der Waals surface area contributed by atoms with Gasteiger partial charge in [-0.1, -0.05) is 13.8 Å². The molecule has 1 unspecified atom stereocenters. The van der Waals surface area contributed by atoms with Gasteiger partial charge in [0.05, 0.1) is 0 Å². The van der Waals surface area contributed by atoms with Gasteiger partial charge in [-0.05, 0) is 26.7 Å². The Kier molecular flexibility index (Phi) is 2.49.